The minimum absolute atomic E-state index is 0.00447. The Morgan fingerprint density at radius 3 is 2.87 bits per heavy atom. The first kappa shape index (κ1) is 12.2. The summed E-state index contributed by atoms with van der Waals surface area (Å²) in [4.78, 5) is 10.2. The van der Waals surface area contributed by atoms with Crippen LogP contribution in [0.1, 0.15) is 33.1 Å². The number of carboxylic acids is 1. The van der Waals surface area contributed by atoms with Gasteiger partial charge in [0.15, 0.2) is 5.79 Å². The van der Waals surface area contributed by atoms with Gasteiger partial charge in [0, 0.05) is 6.42 Å². The van der Waals surface area contributed by atoms with Crippen LogP contribution >= 0.6 is 0 Å². The second kappa shape index (κ2) is 5.28. The van der Waals surface area contributed by atoms with Crippen molar-refractivity contribution in [3.8, 4) is 0 Å². The number of hydrogen-bond donors (Lipinski definition) is 1. The summed E-state index contributed by atoms with van der Waals surface area (Å²) in [6.07, 6.45) is 5.56. The third-order valence-electron chi connectivity index (χ3n) is 2.14. The molecule has 0 saturated carbocycles. The van der Waals surface area contributed by atoms with E-state index in [-0.39, 0.29) is 12.5 Å². The first-order chi connectivity index (χ1) is 6.99. The van der Waals surface area contributed by atoms with Crippen molar-refractivity contribution in [3.63, 3.8) is 0 Å². The quantitative estimate of drug-likeness (QED) is 0.561. The lowest BCUT2D eigenvalue weighted by Gasteiger charge is -2.15. The number of ether oxygens (including phenoxy) is 2. The molecule has 1 heterocycles. The molecule has 1 aliphatic heterocycles. The van der Waals surface area contributed by atoms with Crippen LogP contribution in [-0.4, -0.2) is 29.6 Å². The van der Waals surface area contributed by atoms with Gasteiger partial charge in [0.1, 0.15) is 6.10 Å². The van der Waals surface area contributed by atoms with E-state index in [1.54, 1.807) is 0 Å². The first-order valence-corrected chi connectivity index (χ1v) is 5.20. The van der Waals surface area contributed by atoms with Crippen molar-refractivity contribution in [2.24, 2.45) is 0 Å². The fourth-order valence-electron chi connectivity index (χ4n) is 1.43. The predicted octanol–water partition coefficient (Wildman–Crippen LogP) is 1.95. The van der Waals surface area contributed by atoms with Crippen LogP contribution in [0.3, 0.4) is 0 Å². The number of carboxylic acid groups (broad SMARTS) is 1. The zero-order valence-electron chi connectivity index (χ0n) is 9.23. The highest BCUT2D eigenvalue weighted by Crippen LogP contribution is 2.22. The number of aliphatic carboxylic acids is 1. The van der Waals surface area contributed by atoms with E-state index in [1.807, 2.05) is 26.0 Å². The van der Waals surface area contributed by atoms with E-state index < -0.39 is 11.8 Å². The van der Waals surface area contributed by atoms with Crippen LogP contribution in [0, 0.1) is 0 Å². The van der Waals surface area contributed by atoms with Gasteiger partial charge in [-0.05, 0) is 26.7 Å². The zero-order valence-corrected chi connectivity index (χ0v) is 9.23. The van der Waals surface area contributed by atoms with Crippen molar-refractivity contribution in [2.45, 2.75) is 45.0 Å². The largest absolute Gasteiger partial charge is 0.481 e. The third-order valence-corrected chi connectivity index (χ3v) is 2.14. The summed E-state index contributed by atoms with van der Waals surface area (Å²) in [6.45, 7) is 4.33. The van der Waals surface area contributed by atoms with Crippen LogP contribution in [0.25, 0.3) is 0 Å². The molecule has 0 aromatic heterocycles. The van der Waals surface area contributed by atoms with Crippen molar-refractivity contribution in [2.75, 3.05) is 6.61 Å². The number of hydrogen-bond acceptors (Lipinski definition) is 3. The van der Waals surface area contributed by atoms with Crippen molar-refractivity contribution >= 4 is 5.97 Å². The topological polar surface area (TPSA) is 55.8 Å². The molecular formula is C11H18O4. The van der Waals surface area contributed by atoms with Crippen LogP contribution in [0.4, 0.5) is 0 Å². The van der Waals surface area contributed by atoms with Gasteiger partial charge in [-0.3, -0.25) is 4.79 Å². The summed E-state index contributed by atoms with van der Waals surface area (Å²) < 4.78 is 10.9. The molecule has 0 radical (unpaired) electrons. The summed E-state index contributed by atoms with van der Waals surface area (Å²) in [6, 6.07) is 0. The molecule has 0 aliphatic carbocycles. The van der Waals surface area contributed by atoms with Gasteiger partial charge < -0.3 is 14.6 Å². The Bertz CT molecular complexity index is 245. The fourth-order valence-corrected chi connectivity index (χ4v) is 1.43. The Labute approximate surface area is 89.9 Å². The van der Waals surface area contributed by atoms with Gasteiger partial charge in [-0.1, -0.05) is 12.2 Å². The van der Waals surface area contributed by atoms with Gasteiger partial charge in [-0.25, -0.2) is 0 Å². The molecule has 1 aliphatic rings. The van der Waals surface area contributed by atoms with E-state index in [0.717, 1.165) is 6.42 Å². The van der Waals surface area contributed by atoms with Gasteiger partial charge in [0.25, 0.3) is 0 Å². The molecule has 1 atom stereocenters. The number of unbranched alkanes of at least 4 members (excludes halogenated alkanes) is 1. The van der Waals surface area contributed by atoms with Gasteiger partial charge in [-0.15, -0.1) is 0 Å². The van der Waals surface area contributed by atoms with E-state index in [9.17, 15) is 4.79 Å². The molecule has 1 fully saturated rings. The molecule has 86 valence electrons. The lowest BCUT2D eigenvalue weighted by atomic mass is 10.2. The van der Waals surface area contributed by atoms with E-state index in [1.165, 1.54) is 0 Å². The fraction of sp³-hybridized carbons (Fsp3) is 0.727. The highest BCUT2D eigenvalue weighted by atomic mass is 16.7. The van der Waals surface area contributed by atoms with Crippen molar-refractivity contribution in [1.82, 2.24) is 0 Å². The second-order valence-electron chi connectivity index (χ2n) is 4.08. The molecule has 1 rings (SSSR count). The maximum absolute atomic E-state index is 10.2. The van der Waals surface area contributed by atoms with Crippen LogP contribution in [0.2, 0.25) is 0 Å². The standard InChI is InChI=1S/C11H18O4/c1-11(2)14-8-9(15-11)6-4-3-5-7-10(12)13/h4,6,9H,3,5,7-8H2,1-2H3,(H,12,13)/b6-4-/t9-/m0/s1. The lowest BCUT2D eigenvalue weighted by Crippen LogP contribution is -2.20. The molecule has 4 nitrogen and oxygen atoms in total. The van der Waals surface area contributed by atoms with E-state index >= 15 is 0 Å². The molecule has 0 spiro atoms. The molecule has 0 amide bonds. The summed E-state index contributed by atoms with van der Waals surface area (Å²) >= 11 is 0. The Morgan fingerprint density at radius 2 is 2.33 bits per heavy atom. The first-order valence-electron chi connectivity index (χ1n) is 5.20. The Balaban J connectivity index is 2.14. The minimum Gasteiger partial charge on any atom is -0.481 e. The van der Waals surface area contributed by atoms with Gasteiger partial charge >= 0.3 is 5.97 Å². The van der Waals surface area contributed by atoms with Crippen LogP contribution in [-0.2, 0) is 14.3 Å². The number of carbonyl (C=O) groups is 1. The normalized spacial score (nSPS) is 24.8. The number of rotatable bonds is 5. The van der Waals surface area contributed by atoms with E-state index in [4.69, 9.17) is 14.6 Å². The highest BCUT2D eigenvalue weighted by molar-refractivity contribution is 5.66. The minimum atomic E-state index is -0.745. The Hall–Kier alpha value is -0.870. The summed E-state index contributed by atoms with van der Waals surface area (Å²) in [5.74, 6) is -1.24. The zero-order chi connectivity index (χ0) is 11.3. The molecule has 1 N–H and O–H groups in total. The van der Waals surface area contributed by atoms with Gasteiger partial charge in [0.05, 0.1) is 6.61 Å². The van der Waals surface area contributed by atoms with Crippen LogP contribution in [0.5, 0.6) is 0 Å². The molecule has 1 saturated heterocycles. The maximum Gasteiger partial charge on any atom is 0.303 e. The van der Waals surface area contributed by atoms with Gasteiger partial charge in [-0.2, -0.15) is 0 Å². The van der Waals surface area contributed by atoms with Crippen molar-refractivity contribution < 1.29 is 19.4 Å². The molecule has 0 bridgehead atoms. The highest BCUT2D eigenvalue weighted by Gasteiger charge is 2.30. The molecule has 0 unspecified atom stereocenters. The Kier molecular flexibility index (Phi) is 4.29. The predicted molar refractivity (Wildman–Crippen MR) is 55.5 cm³/mol. The van der Waals surface area contributed by atoms with Crippen LogP contribution in [0.15, 0.2) is 12.2 Å². The molecule has 4 heteroatoms. The molecule has 0 aromatic rings. The summed E-state index contributed by atoms with van der Waals surface area (Å²) in [7, 11) is 0. The summed E-state index contributed by atoms with van der Waals surface area (Å²) in [5.41, 5.74) is 0. The third kappa shape index (κ3) is 4.95. The smallest absolute Gasteiger partial charge is 0.303 e. The Morgan fingerprint density at radius 1 is 1.60 bits per heavy atom. The van der Waals surface area contributed by atoms with E-state index in [0.29, 0.717) is 13.0 Å². The second-order valence-corrected chi connectivity index (χ2v) is 4.08. The lowest BCUT2D eigenvalue weighted by molar-refractivity contribution is -0.137. The van der Waals surface area contributed by atoms with Crippen molar-refractivity contribution in [1.29, 1.82) is 0 Å². The van der Waals surface area contributed by atoms with E-state index in [2.05, 4.69) is 0 Å². The molecular weight excluding hydrogens is 196 g/mol. The van der Waals surface area contributed by atoms with Gasteiger partial charge in [0.2, 0.25) is 0 Å². The molecule has 15 heavy (non-hydrogen) atoms. The average Bonchev–Trinajstić information content (AvgIpc) is 2.44. The SMILES string of the molecule is CC1(C)OC[C@H](/C=C\CCCC(=O)O)O1. The average molecular weight is 214 g/mol. The van der Waals surface area contributed by atoms with Crippen molar-refractivity contribution in [3.05, 3.63) is 12.2 Å². The monoisotopic (exact) mass is 214 g/mol. The molecule has 0 aromatic carbocycles. The maximum atomic E-state index is 10.2. The van der Waals surface area contributed by atoms with Crippen LogP contribution < -0.4 is 0 Å². The summed E-state index contributed by atoms with van der Waals surface area (Å²) in [5, 5.41) is 8.42. The number of allylic oxidation sites excluding steroid dienone is 1.